The summed E-state index contributed by atoms with van der Waals surface area (Å²) in [5.41, 5.74) is 4.17. The van der Waals surface area contributed by atoms with Crippen LogP contribution in [0.1, 0.15) is 54.3 Å². The average Bonchev–Trinajstić information content (AvgIpc) is 2.91. The molecule has 2 nitrogen and oxygen atoms in total. The molecule has 22 heavy (non-hydrogen) atoms. The van der Waals surface area contributed by atoms with Gasteiger partial charge in [-0.1, -0.05) is 54.6 Å². The van der Waals surface area contributed by atoms with E-state index in [-0.39, 0.29) is 6.04 Å². The zero-order chi connectivity index (χ0) is 14.9. The molecule has 4 rings (SSSR count). The summed E-state index contributed by atoms with van der Waals surface area (Å²) in [6.07, 6.45) is 3.86. The Morgan fingerprint density at radius 1 is 0.864 bits per heavy atom. The first-order valence-corrected chi connectivity index (χ1v) is 8.28. The Hall–Kier alpha value is -2.09. The smallest absolute Gasteiger partial charge is 0.223 e. The topological polar surface area (TPSA) is 20.3 Å². The van der Waals surface area contributed by atoms with Gasteiger partial charge in [-0.2, -0.15) is 0 Å². The molecule has 0 aromatic heterocycles. The summed E-state index contributed by atoms with van der Waals surface area (Å²) >= 11 is 0. The van der Waals surface area contributed by atoms with E-state index in [4.69, 9.17) is 0 Å². The van der Waals surface area contributed by atoms with Gasteiger partial charge in [-0.25, -0.2) is 0 Å². The van der Waals surface area contributed by atoms with Gasteiger partial charge in [-0.15, -0.1) is 0 Å². The van der Waals surface area contributed by atoms with Crippen molar-refractivity contribution in [3.63, 3.8) is 0 Å². The summed E-state index contributed by atoms with van der Waals surface area (Å²) in [6.45, 7) is 0.904. The van der Waals surface area contributed by atoms with Gasteiger partial charge >= 0.3 is 0 Å². The van der Waals surface area contributed by atoms with Gasteiger partial charge in [0.05, 0.1) is 6.04 Å². The van der Waals surface area contributed by atoms with Crippen LogP contribution in [0.25, 0.3) is 0 Å². The highest BCUT2D eigenvalue weighted by Crippen LogP contribution is 2.42. The first kappa shape index (κ1) is 13.6. The minimum absolute atomic E-state index is 0.287. The highest BCUT2D eigenvalue weighted by Gasteiger charge is 2.35. The number of hydrogen-bond acceptors (Lipinski definition) is 1. The van der Waals surface area contributed by atoms with Crippen LogP contribution < -0.4 is 0 Å². The number of carbonyl (C=O) groups is 1. The van der Waals surface area contributed by atoms with Crippen molar-refractivity contribution in [1.29, 1.82) is 0 Å². The van der Waals surface area contributed by atoms with Gasteiger partial charge in [-0.3, -0.25) is 4.79 Å². The highest BCUT2D eigenvalue weighted by atomic mass is 16.2. The monoisotopic (exact) mass is 291 g/mol. The highest BCUT2D eigenvalue weighted by molar-refractivity contribution is 5.79. The van der Waals surface area contributed by atoms with Crippen LogP contribution in [0.3, 0.4) is 0 Å². The van der Waals surface area contributed by atoms with E-state index in [1.54, 1.807) is 0 Å². The molecule has 0 saturated carbocycles. The molecule has 0 N–H and O–H groups in total. The van der Waals surface area contributed by atoms with E-state index in [1.807, 2.05) is 0 Å². The molecule has 1 saturated heterocycles. The Morgan fingerprint density at radius 3 is 2.41 bits per heavy atom. The van der Waals surface area contributed by atoms with Gasteiger partial charge in [0.15, 0.2) is 0 Å². The molecule has 1 amide bonds. The molecule has 2 heterocycles. The van der Waals surface area contributed by atoms with Crippen LogP contribution in [0.5, 0.6) is 0 Å². The summed E-state index contributed by atoms with van der Waals surface area (Å²) < 4.78 is 0. The van der Waals surface area contributed by atoms with Crippen molar-refractivity contribution >= 4 is 5.91 Å². The number of hydrogen-bond donors (Lipinski definition) is 0. The number of amides is 1. The molecule has 0 aliphatic carbocycles. The predicted octanol–water partition coefficient (Wildman–Crippen LogP) is 4.28. The van der Waals surface area contributed by atoms with Crippen LogP contribution in [0.15, 0.2) is 54.6 Å². The number of benzene rings is 2. The van der Waals surface area contributed by atoms with Crippen LogP contribution >= 0.6 is 0 Å². The molecule has 112 valence electrons. The standard InChI is InChI=1S/C20H21NO/c22-20-13-12-19-18-10-5-4-9-17(18)16(11-6-14-21(19)20)15-7-2-1-3-8-15/h1-5,7-10,16,19H,6,11-14H2/t16-,19-/m0/s1. The van der Waals surface area contributed by atoms with E-state index in [9.17, 15) is 4.79 Å². The molecular weight excluding hydrogens is 270 g/mol. The van der Waals surface area contributed by atoms with E-state index < -0.39 is 0 Å². The normalized spacial score (nSPS) is 24.4. The van der Waals surface area contributed by atoms with Gasteiger partial charge in [0.2, 0.25) is 5.91 Å². The van der Waals surface area contributed by atoms with E-state index in [1.165, 1.54) is 16.7 Å². The maximum atomic E-state index is 12.2. The Morgan fingerprint density at radius 2 is 1.59 bits per heavy atom. The van der Waals surface area contributed by atoms with Gasteiger partial charge in [0, 0.05) is 18.9 Å². The van der Waals surface area contributed by atoms with Crippen LogP contribution in [-0.4, -0.2) is 17.4 Å². The zero-order valence-electron chi connectivity index (χ0n) is 12.7. The fourth-order valence-corrected chi connectivity index (χ4v) is 4.12. The van der Waals surface area contributed by atoms with Crippen molar-refractivity contribution in [1.82, 2.24) is 4.90 Å². The maximum absolute atomic E-state index is 12.2. The molecule has 2 aliphatic heterocycles. The lowest BCUT2D eigenvalue weighted by Gasteiger charge is -2.33. The fourth-order valence-electron chi connectivity index (χ4n) is 4.12. The van der Waals surface area contributed by atoms with Crippen LogP contribution in [0.4, 0.5) is 0 Å². The second kappa shape index (κ2) is 5.60. The molecule has 2 aliphatic rings. The lowest BCUT2D eigenvalue weighted by Crippen LogP contribution is -2.31. The number of rotatable bonds is 1. The summed E-state index contributed by atoms with van der Waals surface area (Å²) in [7, 11) is 0. The molecule has 2 aromatic rings. The third-order valence-electron chi connectivity index (χ3n) is 5.15. The van der Waals surface area contributed by atoms with E-state index in [0.29, 0.717) is 18.2 Å². The van der Waals surface area contributed by atoms with Crippen LogP contribution in [0.2, 0.25) is 0 Å². The number of nitrogens with zero attached hydrogens (tertiary/aromatic N) is 1. The summed E-state index contributed by atoms with van der Waals surface area (Å²) in [6, 6.07) is 19.8. The fraction of sp³-hybridized carbons (Fsp3) is 0.350. The third kappa shape index (κ3) is 2.23. The molecule has 2 atom stereocenters. The first-order valence-electron chi connectivity index (χ1n) is 8.28. The molecule has 1 fully saturated rings. The number of carbonyl (C=O) groups excluding carboxylic acids is 1. The van der Waals surface area contributed by atoms with Crippen molar-refractivity contribution in [3.8, 4) is 0 Å². The van der Waals surface area contributed by atoms with Crippen LogP contribution in [-0.2, 0) is 4.79 Å². The molecule has 0 unspecified atom stereocenters. The summed E-state index contributed by atoms with van der Waals surface area (Å²) in [5.74, 6) is 0.785. The summed E-state index contributed by atoms with van der Waals surface area (Å²) in [5, 5.41) is 0. The van der Waals surface area contributed by atoms with Crippen molar-refractivity contribution in [3.05, 3.63) is 71.3 Å². The zero-order valence-corrected chi connectivity index (χ0v) is 12.7. The van der Waals surface area contributed by atoms with Gasteiger partial charge in [0.1, 0.15) is 0 Å². The minimum Gasteiger partial charge on any atom is -0.336 e. The SMILES string of the molecule is O=C1CC[C@H]2c3ccccc3[C@H](c3ccccc3)CCCN12. The first-order chi connectivity index (χ1) is 10.8. The predicted molar refractivity (Wildman–Crippen MR) is 87.6 cm³/mol. The average molecular weight is 291 g/mol. The quantitative estimate of drug-likeness (QED) is 0.768. The molecule has 0 radical (unpaired) electrons. The Kier molecular flexibility index (Phi) is 3.45. The van der Waals surface area contributed by atoms with Crippen molar-refractivity contribution in [2.75, 3.05) is 6.54 Å². The van der Waals surface area contributed by atoms with Gasteiger partial charge < -0.3 is 4.90 Å². The lowest BCUT2D eigenvalue weighted by atomic mass is 9.81. The Bertz CT molecular complexity index is 679. The van der Waals surface area contributed by atoms with Crippen molar-refractivity contribution < 1.29 is 4.79 Å². The minimum atomic E-state index is 0.287. The van der Waals surface area contributed by atoms with E-state index >= 15 is 0 Å². The van der Waals surface area contributed by atoms with E-state index in [2.05, 4.69) is 59.5 Å². The van der Waals surface area contributed by atoms with Crippen LogP contribution in [0, 0.1) is 0 Å². The largest absolute Gasteiger partial charge is 0.336 e. The Balaban J connectivity index is 1.81. The second-order valence-electron chi connectivity index (χ2n) is 6.38. The molecule has 2 heteroatoms. The molecule has 0 bridgehead atoms. The summed E-state index contributed by atoms with van der Waals surface area (Å²) in [4.78, 5) is 14.3. The third-order valence-corrected chi connectivity index (χ3v) is 5.15. The molecule has 2 aromatic carbocycles. The maximum Gasteiger partial charge on any atom is 0.223 e. The molecular formula is C20H21NO. The number of fused-ring (bicyclic) bond motifs is 3. The van der Waals surface area contributed by atoms with Crippen molar-refractivity contribution in [2.24, 2.45) is 0 Å². The lowest BCUT2D eigenvalue weighted by molar-refractivity contribution is -0.129. The van der Waals surface area contributed by atoms with E-state index in [0.717, 1.165) is 25.8 Å². The Labute approximate surface area is 131 Å². The van der Waals surface area contributed by atoms with Crippen molar-refractivity contribution in [2.45, 2.75) is 37.6 Å². The molecule has 0 spiro atoms. The van der Waals surface area contributed by atoms with Gasteiger partial charge in [0.25, 0.3) is 0 Å². The second-order valence-corrected chi connectivity index (χ2v) is 6.38. The van der Waals surface area contributed by atoms with Gasteiger partial charge in [-0.05, 0) is 36.0 Å².